The summed E-state index contributed by atoms with van der Waals surface area (Å²) in [6.45, 7) is -0.152. The molecule has 1 amide bonds. The molecule has 0 saturated carbocycles. The summed E-state index contributed by atoms with van der Waals surface area (Å²) in [5.41, 5.74) is 7.53. The van der Waals surface area contributed by atoms with Crippen molar-refractivity contribution >= 4 is 28.5 Å². The van der Waals surface area contributed by atoms with E-state index in [1.54, 1.807) is 13.2 Å². The van der Waals surface area contributed by atoms with E-state index in [-0.39, 0.29) is 19.3 Å². The summed E-state index contributed by atoms with van der Waals surface area (Å²) in [6, 6.07) is 3.55. The molecule has 1 unspecified atom stereocenters. The zero-order chi connectivity index (χ0) is 17.7. The molecule has 1 aliphatic rings. The van der Waals surface area contributed by atoms with Crippen LogP contribution in [-0.2, 0) is 11.4 Å². The molecule has 0 heterocycles. The largest absolute Gasteiger partial charge is 0.493 e. The predicted molar refractivity (Wildman–Crippen MR) is 97.8 cm³/mol. The minimum absolute atomic E-state index is 0.0658. The maximum atomic E-state index is 11.7. The maximum absolute atomic E-state index is 11.7. The molecule has 24 heavy (non-hydrogen) atoms. The summed E-state index contributed by atoms with van der Waals surface area (Å²) in [4.78, 5) is 11.7. The van der Waals surface area contributed by atoms with Crippen LogP contribution in [-0.4, -0.2) is 35.9 Å². The number of ether oxygens (including phenoxy) is 2. The van der Waals surface area contributed by atoms with Crippen LogP contribution in [0.5, 0.6) is 11.5 Å². The number of benzene rings is 1. The summed E-state index contributed by atoms with van der Waals surface area (Å²) in [5, 5.41) is 18.6. The van der Waals surface area contributed by atoms with Crippen LogP contribution in [0, 0.1) is 3.57 Å². The first kappa shape index (κ1) is 19.0. The van der Waals surface area contributed by atoms with Crippen molar-refractivity contribution in [2.45, 2.75) is 38.4 Å². The Balaban J connectivity index is 2.38. The van der Waals surface area contributed by atoms with Crippen LogP contribution < -0.4 is 15.2 Å². The smallest absolute Gasteiger partial charge is 0.244 e. The summed E-state index contributed by atoms with van der Waals surface area (Å²) >= 11 is 2.13. The molecule has 1 aromatic rings. The van der Waals surface area contributed by atoms with Crippen LogP contribution in [0.4, 0.5) is 0 Å². The van der Waals surface area contributed by atoms with Crippen molar-refractivity contribution in [3.05, 3.63) is 32.4 Å². The SMILES string of the molecule is COc1cc(CO)cc(I)c1OC1CCCC(C(N)=O)=C1CCO. The van der Waals surface area contributed by atoms with Gasteiger partial charge in [0.25, 0.3) is 0 Å². The number of aliphatic hydroxyl groups is 2. The molecular weight excluding hydrogens is 425 g/mol. The van der Waals surface area contributed by atoms with E-state index in [1.807, 2.05) is 6.07 Å². The van der Waals surface area contributed by atoms with Crippen LogP contribution in [0.2, 0.25) is 0 Å². The molecule has 0 fully saturated rings. The van der Waals surface area contributed by atoms with Gasteiger partial charge < -0.3 is 25.4 Å². The molecular formula is C17H22INO5. The van der Waals surface area contributed by atoms with E-state index in [1.165, 1.54) is 0 Å². The van der Waals surface area contributed by atoms with E-state index in [2.05, 4.69) is 22.6 Å². The Kier molecular flexibility index (Phi) is 6.88. The van der Waals surface area contributed by atoms with Gasteiger partial charge in [0.2, 0.25) is 5.91 Å². The van der Waals surface area contributed by atoms with Gasteiger partial charge in [0.15, 0.2) is 11.5 Å². The lowest BCUT2D eigenvalue weighted by Gasteiger charge is -2.29. The average Bonchev–Trinajstić information content (AvgIpc) is 2.57. The van der Waals surface area contributed by atoms with Gasteiger partial charge in [0, 0.05) is 12.2 Å². The standard InChI is InChI=1S/C17H22INO5/c1-23-15-8-10(9-21)7-13(18)16(15)24-14-4-2-3-12(17(19)22)11(14)5-6-20/h7-8,14,20-21H,2-6,9H2,1H3,(H2,19,22). The highest BCUT2D eigenvalue weighted by Crippen LogP contribution is 2.38. The van der Waals surface area contributed by atoms with Crippen molar-refractivity contribution in [1.29, 1.82) is 0 Å². The number of carbonyl (C=O) groups is 1. The Bertz CT molecular complexity index is 644. The van der Waals surface area contributed by atoms with Gasteiger partial charge in [-0.2, -0.15) is 0 Å². The molecule has 6 nitrogen and oxygen atoms in total. The second-order valence-corrected chi connectivity index (χ2v) is 6.77. The van der Waals surface area contributed by atoms with Crippen molar-refractivity contribution in [1.82, 2.24) is 0 Å². The molecule has 1 aromatic carbocycles. The van der Waals surface area contributed by atoms with Crippen LogP contribution in [0.1, 0.15) is 31.2 Å². The maximum Gasteiger partial charge on any atom is 0.244 e. The topological polar surface area (TPSA) is 102 Å². The normalized spacial score (nSPS) is 17.8. The molecule has 2 rings (SSSR count). The third-order valence-corrected chi connectivity index (χ3v) is 4.88. The lowest BCUT2D eigenvalue weighted by molar-refractivity contribution is -0.115. The quantitative estimate of drug-likeness (QED) is 0.555. The number of carbonyl (C=O) groups excluding carboxylic acids is 1. The van der Waals surface area contributed by atoms with E-state index in [9.17, 15) is 15.0 Å². The number of methoxy groups -OCH3 is 1. The minimum Gasteiger partial charge on any atom is -0.493 e. The molecule has 1 atom stereocenters. The Morgan fingerprint density at radius 2 is 2.17 bits per heavy atom. The van der Waals surface area contributed by atoms with E-state index in [0.717, 1.165) is 27.5 Å². The number of nitrogens with two attached hydrogens (primary N) is 1. The molecule has 0 saturated heterocycles. The highest BCUT2D eigenvalue weighted by molar-refractivity contribution is 14.1. The second-order valence-electron chi connectivity index (χ2n) is 5.61. The van der Waals surface area contributed by atoms with Crippen LogP contribution in [0.15, 0.2) is 23.3 Å². The third kappa shape index (κ3) is 4.20. The summed E-state index contributed by atoms with van der Waals surface area (Å²) < 4.78 is 12.4. The minimum atomic E-state index is -0.455. The Morgan fingerprint density at radius 3 is 2.75 bits per heavy atom. The van der Waals surface area contributed by atoms with Gasteiger partial charge in [0.05, 0.1) is 17.3 Å². The average molecular weight is 447 g/mol. The molecule has 132 valence electrons. The Hall–Kier alpha value is -1.32. The van der Waals surface area contributed by atoms with Crippen molar-refractivity contribution in [2.75, 3.05) is 13.7 Å². The van der Waals surface area contributed by atoms with Gasteiger partial charge in [-0.15, -0.1) is 0 Å². The highest BCUT2D eigenvalue weighted by atomic mass is 127. The summed E-state index contributed by atoms with van der Waals surface area (Å²) in [6.07, 6.45) is 2.19. The number of hydrogen-bond donors (Lipinski definition) is 3. The van der Waals surface area contributed by atoms with Crippen LogP contribution in [0.25, 0.3) is 0 Å². The van der Waals surface area contributed by atoms with Gasteiger partial charge in [0.1, 0.15) is 6.10 Å². The number of halogens is 1. The summed E-state index contributed by atoms with van der Waals surface area (Å²) in [7, 11) is 1.54. The fourth-order valence-corrected chi connectivity index (χ4v) is 3.75. The van der Waals surface area contributed by atoms with Gasteiger partial charge >= 0.3 is 0 Å². The van der Waals surface area contributed by atoms with E-state index in [4.69, 9.17) is 15.2 Å². The van der Waals surface area contributed by atoms with E-state index < -0.39 is 5.91 Å². The number of hydrogen-bond acceptors (Lipinski definition) is 5. The van der Waals surface area contributed by atoms with Crippen molar-refractivity contribution < 1.29 is 24.5 Å². The van der Waals surface area contributed by atoms with Gasteiger partial charge in [-0.3, -0.25) is 4.79 Å². The van der Waals surface area contributed by atoms with Gasteiger partial charge in [-0.1, -0.05) is 0 Å². The monoisotopic (exact) mass is 447 g/mol. The fraction of sp³-hybridized carbons (Fsp3) is 0.471. The molecule has 4 N–H and O–H groups in total. The zero-order valence-electron chi connectivity index (χ0n) is 13.5. The van der Waals surface area contributed by atoms with Crippen molar-refractivity contribution in [2.24, 2.45) is 5.73 Å². The first-order valence-electron chi connectivity index (χ1n) is 7.78. The van der Waals surface area contributed by atoms with Gasteiger partial charge in [-0.05, 0) is 71.5 Å². The summed E-state index contributed by atoms with van der Waals surface area (Å²) in [5.74, 6) is 0.644. The lowest BCUT2D eigenvalue weighted by atomic mass is 9.87. The molecule has 0 spiro atoms. The Labute approximate surface area is 154 Å². The Morgan fingerprint density at radius 1 is 1.42 bits per heavy atom. The van der Waals surface area contributed by atoms with Crippen LogP contribution in [0.3, 0.4) is 0 Å². The van der Waals surface area contributed by atoms with Crippen molar-refractivity contribution in [3.8, 4) is 11.5 Å². The molecule has 0 aromatic heterocycles. The first-order valence-corrected chi connectivity index (χ1v) is 8.86. The first-order chi connectivity index (χ1) is 11.5. The molecule has 0 aliphatic heterocycles. The molecule has 7 heteroatoms. The third-order valence-electron chi connectivity index (χ3n) is 4.08. The zero-order valence-corrected chi connectivity index (χ0v) is 15.7. The lowest BCUT2D eigenvalue weighted by Crippen LogP contribution is -2.30. The highest BCUT2D eigenvalue weighted by Gasteiger charge is 2.28. The van der Waals surface area contributed by atoms with E-state index >= 15 is 0 Å². The van der Waals surface area contributed by atoms with Crippen molar-refractivity contribution in [3.63, 3.8) is 0 Å². The van der Waals surface area contributed by atoms with Crippen LogP contribution >= 0.6 is 22.6 Å². The van der Waals surface area contributed by atoms with E-state index in [0.29, 0.717) is 29.9 Å². The molecule has 0 bridgehead atoms. The number of aliphatic hydroxyl groups excluding tert-OH is 2. The predicted octanol–water partition coefficient (Wildman–Crippen LogP) is 1.89. The number of rotatable bonds is 7. The molecule has 0 radical (unpaired) electrons. The number of amides is 1. The van der Waals surface area contributed by atoms with Gasteiger partial charge in [-0.25, -0.2) is 0 Å². The number of primary amides is 1. The fourth-order valence-electron chi connectivity index (χ4n) is 2.96. The second kappa shape index (κ2) is 8.68. The molecule has 1 aliphatic carbocycles.